The van der Waals surface area contributed by atoms with Crippen LogP contribution >= 0.6 is 0 Å². The average molecular weight is 311 g/mol. The quantitative estimate of drug-likeness (QED) is 0.757. The number of hydrogen-bond acceptors (Lipinski definition) is 5. The lowest BCUT2D eigenvalue weighted by Gasteiger charge is -2.43. The molecule has 0 N–H and O–H groups in total. The molecule has 4 rings (SSSR count). The summed E-state index contributed by atoms with van der Waals surface area (Å²) in [4.78, 5) is 8.00. The summed E-state index contributed by atoms with van der Waals surface area (Å²) in [6.45, 7) is 5.76. The van der Waals surface area contributed by atoms with Crippen LogP contribution in [0.3, 0.4) is 0 Å². The summed E-state index contributed by atoms with van der Waals surface area (Å²) in [5.74, 6) is 0.822. The Morgan fingerprint density at radius 1 is 1.30 bits per heavy atom. The summed E-state index contributed by atoms with van der Waals surface area (Å²) in [5.41, 5.74) is 3.62. The molecule has 6 heteroatoms. The van der Waals surface area contributed by atoms with Crippen LogP contribution in [0.1, 0.15) is 29.4 Å². The van der Waals surface area contributed by atoms with Gasteiger partial charge in [-0.25, -0.2) is 4.98 Å². The minimum absolute atomic E-state index is 0.00981. The molecule has 2 aliphatic heterocycles. The van der Waals surface area contributed by atoms with E-state index < -0.39 is 6.98 Å². The minimum atomic E-state index is -2.17. The fourth-order valence-electron chi connectivity index (χ4n) is 3.48. The summed E-state index contributed by atoms with van der Waals surface area (Å²) in [6.07, 6.45) is 5.13. The summed E-state index contributed by atoms with van der Waals surface area (Å²) in [7, 11) is 0. The van der Waals surface area contributed by atoms with Crippen LogP contribution in [0.15, 0.2) is 34.6 Å². The molecule has 0 radical (unpaired) electrons. The van der Waals surface area contributed by atoms with E-state index in [0.717, 1.165) is 28.0 Å². The Morgan fingerprint density at radius 2 is 2.13 bits per heavy atom. The molecule has 1 atom stereocenters. The summed E-state index contributed by atoms with van der Waals surface area (Å²) >= 11 is 0. The molecule has 23 heavy (non-hydrogen) atoms. The lowest BCUT2D eigenvalue weighted by molar-refractivity contribution is 0.0635. The van der Waals surface area contributed by atoms with E-state index in [2.05, 4.69) is 16.7 Å². The molecule has 4 heterocycles. The fraction of sp³-hybridized carbons (Fsp3) is 0.353. The van der Waals surface area contributed by atoms with Gasteiger partial charge in [-0.3, -0.25) is 5.01 Å². The number of allylic oxidation sites excluding steroid dienone is 1. The Bertz CT molecular complexity index is 936. The first-order valence-corrected chi connectivity index (χ1v) is 7.81. The van der Waals surface area contributed by atoms with Crippen LogP contribution in [-0.4, -0.2) is 39.8 Å². The van der Waals surface area contributed by atoms with E-state index in [1.165, 1.54) is 4.90 Å². The van der Waals surface area contributed by atoms with Crippen LogP contribution in [0, 0.1) is 6.92 Å². The second kappa shape index (κ2) is 4.81. The maximum Gasteiger partial charge on any atom is 0.315 e. The zero-order chi connectivity index (χ0) is 18.8. The van der Waals surface area contributed by atoms with Crippen molar-refractivity contribution in [3.63, 3.8) is 0 Å². The monoisotopic (exact) mass is 311 g/mol. The number of hydrazine groups is 1. The van der Waals surface area contributed by atoms with Crippen molar-refractivity contribution in [2.45, 2.75) is 33.8 Å². The normalized spacial score (nSPS) is 23.0. The molecule has 118 valence electrons. The molecular formula is C17H21BN4O. The molecular weight excluding hydrogens is 287 g/mol. The van der Waals surface area contributed by atoms with Crippen molar-refractivity contribution in [1.82, 2.24) is 19.8 Å². The molecule has 0 spiro atoms. The number of pyridine rings is 1. The first kappa shape index (κ1) is 11.2. The highest BCUT2D eigenvalue weighted by Gasteiger charge is 2.37. The molecule has 0 fully saturated rings. The molecule has 5 nitrogen and oxygen atoms in total. The zero-order valence-corrected chi connectivity index (χ0v) is 13.7. The average Bonchev–Trinajstić information content (AvgIpc) is 3.07. The van der Waals surface area contributed by atoms with Crippen LogP contribution in [0.2, 0.25) is 6.82 Å². The Balaban J connectivity index is 1.75. The molecule has 2 aliphatic rings. The van der Waals surface area contributed by atoms with Crippen molar-refractivity contribution in [3.05, 3.63) is 41.7 Å². The van der Waals surface area contributed by atoms with Gasteiger partial charge in [0.25, 0.3) is 0 Å². The second-order valence-electron chi connectivity index (χ2n) is 6.21. The molecule has 0 amide bonds. The van der Waals surface area contributed by atoms with E-state index >= 15 is 0 Å². The van der Waals surface area contributed by atoms with Crippen LogP contribution in [0.5, 0.6) is 0 Å². The van der Waals surface area contributed by atoms with Crippen molar-refractivity contribution in [2.75, 3.05) is 6.98 Å². The molecule has 0 saturated carbocycles. The first-order valence-electron chi connectivity index (χ1n) is 9.31. The van der Waals surface area contributed by atoms with Gasteiger partial charge in [-0.05, 0) is 39.0 Å². The minimum Gasteiger partial charge on any atom is -0.439 e. The van der Waals surface area contributed by atoms with Gasteiger partial charge in [-0.1, -0.05) is 6.82 Å². The SMILES string of the molecule is [2H]C([2H])([2H])N1C=CN(N2B(C)c3c(oc4nc(C)ccc34)C=C2C)[C@H]1C. The van der Waals surface area contributed by atoms with Crippen LogP contribution in [0.25, 0.3) is 17.2 Å². The number of aryl methyl sites for hydroxylation is 1. The number of nitrogens with zero attached hydrogens (tertiary/aromatic N) is 4. The van der Waals surface area contributed by atoms with Crippen molar-refractivity contribution in [1.29, 1.82) is 0 Å². The van der Waals surface area contributed by atoms with E-state index in [0.29, 0.717) is 5.71 Å². The van der Waals surface area contributed by atoms with Crippen LogP contribution in [-0.2, 0) is 0 Å². The first-order chi connectivity index (χ1) is 12.2. The topological polar surface area (TPSA) is 35.8 Å². The van der Waals surface area contributed by atoms with Crippen molar-refractivity contribution < 1.29 is 8.53 Å². The Hall–Kier alpha value is -2.37. The Labute approximate surface area is 141 Å². The molecule has 2 aromatic rings. The predicted octanol–water partition coefficient (Wildman–Crippen LogP) is 2.62. The maximum absolute atomic E-state index is 7.71. The number of fused-ring (bicyclic) bond motifs is 3. The van der Waals surface area contributed by atoms with E-state index in [1.807, 2.05) is 50.2 Å². The van der Waals surface area contributed by atoms with Gasteiger partial charge >= 0.3 is 6.85 Å². The largest absolute Gasteiger partial charge is 0.439 e. The predicted molar refractivity (Wildman–Crippen MR) is 93.7 cm³/mol. The van der Waals surface area contributed by atoms with Gasteiger partial charge in [0.05, 0.1) is 0 Å². The lowest BCUT2D eigenvalue weighted by Crippen LogP contribution is -2.57. The van der Waals surface area contributed by atoms with E-state index in [9.17, 15) is 0 Å². The van der Waals surface area contributed by atoms with Gasteiger partial charge in [0, 0.05) is 45.7 Å². The molecule has 2 aromatic heterocycles. The van der Waals surface area contributed by atoms with Crippen molar-refractivity contribution in [2.24, 2.45) is 0 Å². The smallest absolute Gasteiger partial charge is 0.315 e. The molecule has 0 unspecified atom stereocenters. The molecule has 0 aromatic carbocycles. The van der Waals surface area contributed by atoms with Gasteiger partial charge in [0.1, 0.15) is 11.9 Å². The maximum atomic E-state index is 7.71. The Morgan fingerprint density at radius 3 is 2.87 bits per heavy atom. The molecule has 0 aliphatic carbocycles. The fourth-order valence-corrected chi connectivity index (χ4v) is 3.48. The number of rotatable bonds is 1. The van der Waals surface area contributed by atoms with Gasteiger partial charge in [0.2, 0.25) is 5.71 Å². The summed E-state index contributed by atoms with van der Waals surface area (Å²) in [5, 5.41) is 2.96. The highest BCUT2D eigenvalue weighted by Crippen LogP contribution is 2.29. The summed E-state index contributed by atoms with van der Waals surface area (Å²) in [6, 6.07) is 4.02. The van der Waals surface area contributed by atoms with E-state index in [1.54, 1.807) is 6.20 Å². The van der Waals surface area contributed by atoms with Crippen LogP contribution in [0.4, 0.5) is 0 Å². The standard InChI is InChI=1S/C17H21BN4O/c1-11-6-7-14-16-15(23-17(14)19-11)10-12(2)22(18(16)4)21-9-8-20(5)13(21)3/h6-10,13H,1-5H3/t13-/m0/s1/i5D3. The summed E-state index contributed by atoms with van der Waals surface area (Å²) < 4.78 is 29.1. The Kier molecular flexibility index (Phi) is 2.35. The lowest BCUT2D eigenvalue weighted by atomic mass is 9.55. The van der Waals surface area contributed by atoms with E-state index in [4.69, 9.17) is 8.53 Å². The number of furan rings is 1. The number of aromatic nitrogens is 1. The second-order valence-corrected chi connectivity index (χ2v) is 6.21. The van der Waals surface area contributed by atoms with Gasteiger partial charge in [0.15, 0.2) is 0 Å². The van der Waals surface area contributed by atoms with Gasteiger partial charge in [-0.15, -0.1) is 0 Å². The third-order valence-electron chi connectivity index (χ3n) is 4.66. The van der Waals surface area contributed by atoms with Crippen molar-refractivity contribution >= 4 is 29.5 Å². The highest BCUT2D eigenvalue weighted by atomic mass is 16.3. The van der Waals surface area contributed by atoms with Crippen molar-refractivity contribution in [3.8, 4) is 0 Å². The zero-order valence-electron chi connectivity index (χ0n) is 16.7. The van der Waals surface area contributed by atoms with Gasteiger partial charge < -0.3 is 14.2 Å². The molecule has 0 saturated heterocycles. The van der Waals surface area contributed by atoms with E-state index in [-0.39, 0.29) is 13.0 Å². The highest BCUT2D eigenvalue weighted by molar-refractivity contribution is 6.73. The third kappa shape index (κ3) is 1.97. The molecule has 0 bridgehead atoms. The van der Waals surface area contributed by atoms with Crippen LogP contribution < -0.4 is 5.46 Å². The number of hydrogen-bond donors (Lipinski definition) is 0. The van der Waals surface area contributed by atoms with Gasteiger partial charge in [-0.2, -0.15) is 0 Å². The third-order valence-corrected chi connectivity index (χ3v) is 4.66.